The smallest absolute Gasteiger partial charge is 0.231 e. The second-order valence-electron chi connectivity index (χ2n) is 7.60. The second kappa shape index (κ2) is 8.83. The molecule has 31 heavy (non-hydrogen) atoms. The summed E-state index contributed by atoms with van der Waals surface area (Å²) in [6.45, 7) is 0.423. The summed E-state index contributed by atoms with van der Waals surface area (Å²) in [5, 5.41) is 16.5. The molecule has 0 saturated heterocycles. The van der Waals surface area contributed by atoms with Crippen LogP contribution in [0, 0.1) is 5.92 Å². The molecule has 160 valence electrons. The van der Waals surface area contributed by atoms with Gasteiger partial charge in [0.05, 0.1) is 12.3 Å². The van der Waals surface area contributed by atoms with E-state index in [1.165, 1.54) is 0 Å². The molecule has 0 radical (unpaired) electrons. The van der Waals surface area contributed by atoms with Crippen LogP contribution in [0.4, 0.5) is 5.82 Å². The standard InChI is InChI=1S/C21H22N6O2S2/c22-31(28)29-12-14-6-7-16(10-14)24-19-8-9-23-20-11-17(26-27(19)20)21-25-18(13-30-21)15-4-2-1-3-5-15/h1-5,8-9,11,13-14,16,24H,6-7,10,12,22H2/t14?,16-,31?/m0/s1. The topological polar surface area (TPSA) is 107 Å². The van der Waals surface area contributed by atoms with Crippen molar-refractivity contribution in [1.82, 2.24) is 19.6 Å². The maximum atomic E-state index is 10.9. The molecule has 2 unspecified atom stereocenters. The van der Waals surface area contributed by atoms with E-state index in [4.69, 9.17) is 19.4 Å². The average Bonchev–Trinajstić information content (AvgIpc) is 3.52. The van der Waals surface area contributed by atoms with Gasteiger partial charge in [-0.25, -0.2) is 19.3 Å². The number of benzene rings is 1. The van der Waals surface area contributed by atoms with Crippen LogP contribution in [0.2, 0.25) is 0 Å². The third-order valence-corrected chi connectivity index (χ3v) is 6.70. The summed E-state index contributed by atoms with van der Waals surface area (Å²) in [7, 11) is 0. The van der Waals surface area contributed by atoms with Gasteiger partial charge in [-0.15, -0.1) is 11.3 Å². The van der Waals surface area contributed by atoms with E-state index in [1.54, 1.807) is 17.5 Å². The van der Waals surface area contributed by atoms with Crippen LogP contribution < -0.4 is 10.5 Å². The van der Waals surface area contributed by atoms with Gasteiger partial charge in [0.2, 0.25) is 11.3 Å². The number of hydrogen-bond acceptors (Lipinski definition) is 7. The van der Waals surface area contributed by atoms with E-state index in [2.05, 4.69) is 27.8 Å². The fourth-order valence-corrected chi connectivity index (χ4v) is 5.08. The molecule has 5 rings (SSSR count). The molecule has 3 N–H and O–H groups in total. The normalized spacial score (nSPS) is 19.6. The predicted molar refractivity (Wildman–Crippen MR) is 123 cm³/mol. The maximum Gasteiger partial charge on any atom is 0.231 e. The zero-order valence-electron chi connectivity index (χ0n) is 16.7. The molecule has 4 aromatic rings. The molecule has 3 atom stereocenters. The first-order valence-corrected chi connectivity index (χ1v) is 12.1. The Morgan fingerprint density at radius 1 is 1.23 bits per heavy atom. The van der Waals surface area contributed by atoms with E-state index in [1.807, 2.05) is 34.8 Å². The van der Waals surface area contributed by atoms with E-state index >= 15 is 0 Å². The first-order valence-electron chi connectivity index (χ1n) is 10.1. The summed E-state index contributed by atoms with van der Waals surface area (Å²) in [5.74, 6) is 1.24. The number of fused-ring (bicyclic) bond motifs is 1. The van der Waals surface area contributed by atoms with Crippen molar-refractivity contribution in [2.45, 2.75) is 25.3 Å². The quantitative estimate of drug-likeness (QED) is 0.441. The molecule has 10 heteroatoms. The highest BCUT2D eigenvalue weighted by Gasteiger charge is 2.26. The minimum atomic E-state index is -1.70. The van der Waals surface area contributed by atoms with Crippen molar-refractivity contribution in [2.75, 3.05) is 11.9 Å². The van der Waals surface area contributed by atoms with Gasteiger partial charge >= 0.3 is 0 Å². The lowest BCUT2D eigenvalue weighted by atomic mass is 10.1. The van der Waals surface area contributed by atoms with Crippen LogP contribution in [0.3, 0.4) is 0 Å². The summed E-state index contributed by atoms with van der Waals surface area (Å²) < 4.78 is 17.8. The number of hydrogen-bond donors (Lipinski definition) is 2. The van der Waals surface area contributed by atoms with Crippen molar-refractivity contribution in [3.8, 4) is 22.0 Å². The van der Waals surface area contributed by atoms with Crippen LogP contribution >= 0.6 is 11.3 Å². The monoisotopic (exact) mass is 454 g/mol. The SMILES string of the molecule is NS(=O)OCC1CC[C@H](Nc2ccnc3cc(-c4nc(-c5ccccc5)cs4)nn23)C1. The minimum absolute atomic E-state index is 0.294. The lowest BCUT2D eigenvalue weighted by molar-refractivity contribution is 0.274. The summed E-state index contributed by atoms with van der Waals surface area (Å²) in [6, 6.07) is 14.3. The molecule has 1 fully saturated rings. The Bertz CT molecular complexity index is 1210. The van der Waals surface area contributed by atoms with Crippen molar-refractivity contribution in [1.29, 1.82) is 0 Å². The average molecular weight is 455 g/mol. The van der Waals surface area contributed by atoms with Crippen molar-refractivity contribution in [3.05, 3.63) is 54.0 Å². The highest BCUT2D eigenvalue weighted by molar-refractivity contribution is 7.77. The number of rotatable bonds is 7. The maximum absolute atomic E-state index is 10.9. The Morgan fingerprint density at radius 3 is 2.94 bits per heavy atom. The predicted octanol–water partition coefficient (Wildman–Crippen LogP) is 3.65. The third kappa shape index (κ3) is 4.52. The van der Waals surface area contributed by atoms with Gasteiger partial charge in [-0.3, -0.25) is 4.18 Å². The van der Waals surface area contributed by atoms with E-state index in [0.717, 1.165) is 52.7 Å². The first-order chi connectivity index (χ1) is 15.2. The van der Waals surface area contributed by atoms with Gasteiger partial charge < -0.3 is 5.32 Å². The van der Waals surface area contributed by atoms with Crippen LogP contribution in [-0.4, -0.2) is 36.4 Å². The van der Waals surface area contributed by atoms with Crippen molar-refractivity contribution in [2.24, 2.45) is 11.1 Å². The minimum Gasteiger partial charge on any atom is -0.367 e. The Balaban J connectivity index is 1.34. The van der Waals surface area contributed by atoms with E-state index in [-0.39, 0.29) is 0 Å². The molecule has 0 bridgehead atoms. The molecule has 0 spiro atoms. The van der Waals surface area contributed by atoms with Crippen LogP contribution in [0.15, 0.2) is 54.0 Å². The largest absolute Gasteiger partial charge is 0.367 e. The first kappa shape index (κ1) is 20.3. The zero-order chi connectivity index (χ0) is 21.2. The number of aromatic nitrogens is 4. The highest BCUT2D eigenvalue weighted by atomic mass is 32.2. The van der Waals surface area contributed by atoms with Gasteiger partial charge in [-0.1, -0.05) is 30.3 Å². The van der Waals surface area contributed by atoms with Crippen LogP contribution in [0.25, 0.3) is 27.6 Å². The van der Waals surface area contributed by atoms with E-state index in [9.17, 15) is 4.21 Å². The number of nitrogens with two attached hydrogens (primary N) is 1. The second-order valence-corrected chi connectivity index (χ2v) is 9.21. The highest BCUT2D eigenvalue weighted by Crippen LogP contribution is 2.31. The van der Waals surface area contributed by atoms with Gasteiger partial charge in [0.1, 0.15) is 16.5 Å². The fraction of sp³-hybridized carbons (Fsp3) is 0.286. The van der Waals surface area contributed by atoms with Crippen LogP contribution in [-0.2, 0) is 15.4 Å². The Morgan fingerprint density at radius 2 is 2.10 bits per heavy atom. The van der Waals surface area contributed by atoms with Gasteiger partial charge in [0.25, 0.3) is 0 Å². The molecule has 1 aromatic carbocycles. The molecule has 8 nitrogen and oxygen atoms in total. The molecule has 3 heterocycles. The lowest BCUT2D eigenvalue weighted by Gasteiger charge is -2.15. The summed E-state index contributed by atoms with van der Waals surface area (Å²) in [4.78, 5) is 9.23. The summed E-state index contributed by atoms with van der Waals surface area (Å²) >= 11 is -0.128. The number of nitrogens with zero attached hydrogens (tertiary/aromatic N) is 4. The zero-order valence-corrected chi connectivity index (χ0v) is 18.3. The van der Waals surface area contributed by atoms with E-state index in [0.29, 0.717) is 18.6 Å². The fourth-order valence-electron chi connectivity index (χ4n) is 3.97. The molecule has 1 saturated carbocycles. The van der Waals surface area contributed by atoms with Gasteiger partial charge in [0.15, 0.2) is 5.65 Å². The van der Waals surface area contributed by atoms with Gasteiger partial charge in [-0.05, 0) is 31.2 Å². The number of thiazole rings is 1. The molecule has 0 amide bonds. The molecule has 3 aromatic heterocycles. The molecular formula is C21H22N6O2S2. The molecular weight excluding hydrogens is 432 g/mol. The molecule has 0 aliphatic heterocycles. The molecule has 1 aliphatic carbocycles. The molecule has 1 aliphatic rings. The summed E-state index contributed by atoms with van der Waals surface area (Å²) in [5.41, 5.74) is 3.61. The van der Waals surface area contributed by atoms with E-state index < -0.39 is 11.3 Å². The number of nitrogens with one attached hydrogen (secondary N) is 1. The Hall–Kier alpha value is -2.66. The van der Waals surface area contributed by atoms with Crippen molar-refractivity contribution in [3.63, 3.8) is 0 Å². The Labute approximate surface area is 186 Å². The lowest BCUT2D eigenvalue weighted by Crippen LogP contribution is -2.19. The van der Waals surface area contributed by atoms with Crippen LogP contribution in [0.5, 0.6) is 0 Å². The van der Waals surface area contributed by atoms with Gasteiger partial charge in [0, 0.05) is 29.2 Å². The third-order valence-electron chi connectivity index (χ3n) is 5.46. The summed E-state index contributed by atoms with van der Waals surface area (Å²) in [6.07, 6.45) is 4.74. The van der Waals surface area contributed by atoms with Gasteiger partial charge in [-0.2, -0.15) is 9.61 Å². The van der Waals surface area contributed by atoms with Crippen molar-refractivity contribution < 1.29 is 8.39 Å². The van der Waals surface area contributed by atoms with Crippen LogP contribution in [0.1, 0.15) is 19.3 Å². The number of anilines is 1. The van der Waals surface area contributed by atoms with Crippen molar-refractivity contribution >= 4 is 34.1 Å². The Kier molecular flexibility index (Phi) is 5.77.